The molecule has 0 saturated heterocycles. The van der Waals surface area contributed by atoms with Crippen molar-refractivity contribution in [1.82, 2.24) is 9.97 Å². The third-order valence-corrected chi connectivity index (χ3v) is 8.59. The van der Waals surface area contributed by atoms with Crippen LogP contribution >= 0.6 is 0 Å². The van der Waals surface area contributed by atoms with E-state index in [0.717, 1.165) is 44.4 Å². The molecule has 216 valence electrons. The topological polar surface area (TPSA) is 25.8 Å². The Kier molecular flexibility index (Phi) is 7.22. The van der Waals surface area contributed by atoms with Crippen molar-refractivity contribution in [2.24, 2.45) is 0 Å². The molecule has 0 amide bonds. The molecule has 0 aliphatic heterocycles. The van der Waals surface area contributed by atoms with Crippen LogP contribution in [0.25, 0.3) is 77.8 Å². The van der Waals surface area contributed by atoms with Crippen molar-refractivity contribution in [3.63, 3.8) is 0 Å². The zero-order valence-corrected chi connectivity index (χ0v) is 25.2. The molecule has 0 aliphatic rings. The first-order valence-electron chi connectivity index (χ1n) is 15.6. The molecule has 0 saturated carbocycles. The summed E-state index contributed by atoms with van der Waals surface area (Å²) in [6.45, 7) is 0. The number of nitrogens with zero attached hydrogens (tertiary/aromatic N) is 2. The number of rotatable bonds is 6. The van der Waals surface area contributed by atoms with Gasteiger partial charge in [-0.2, -0.15) is 0 Å². The molecule has 0 N–H and O–H groups in total. The quantitative estimate of drug-likeness (QED) is 0.194. The van der Waals surface area contributed by atoms with E-state index >= 15 is 0 Å². The third-order valence-electron chi connectivity index (χ3n) is 8.59. The van der Waals surface area contributed by atoms with Crippen LogP contribution in [0.5, 0.6) is 0 Å². The fourth-order valence-corrected chi connectivity index (χ4v) is 6.14. The second-order valence-electron chi connectivity index (χ2n) is 11.5. The van der Waals surface area contributed by atoms with E-state index in [9.17, 15) is 0 Å². The SMILES string of the molecule is c1ccc(-c2ccc(-c3ccc4nc(-c5ccc(-c6ccccc6)cc5)cc(-c5cccc(-c6cccnc6)c5)c4c3)cc2)cc1. The predicted molar refractivity (Wildman–Crippen MR) is 192 cm³/mol. The molecule has 0 atom stereocenters. The summed E-state index contributed by atoms with van der Waals surface area (Å²) in [6, 6.07) is 60.2. The van der Waals surface area contributed by atoms with Gasteiger partial charge in [-0.1, -0.05) is 140 Å². The summed E-state index contributed by atoms with van der Waals surface area (Å²) in [5.41, 5.74) is 14.7. The van der Waals surface area contributed by atoms with E-state index in [1.165, 1.54) is 33.4 Å². The fraction of sp³-hybridized carbons (Fsp3) is 0. The number of hydrogen-bond acceptors (Lipinski definition) is 2. The lowest BCUT2D eigenvalue weighted by Gasteiger charge is -2.14. The van der Waals surface area contributed by atoms with Crippen LogP contribution in [-0.4, -0.2) is 9.97 Å². The molecular formula is C44H30N2. The first kappa shape index (κ1) is 27.4. The minimum atomic E-state index is 0.953. The summed E-state index contributed by atoms with van der Waals surface area (Å²) in [4.78, 5) is 9.55. The molecule has 0 unspecified atom stereocenters. The van der Waals surface area contributed by atoms with Gasteiger partial charge in [0, 0.05) is 28.9 Å². The highest BCUT2D eigenvalue weighted by Crippen LogP contribution is 2.37. The van der Waals surface area contributed by atoms with E-state index in [1.807, 2.05) is 24.5 Å². The van der Waals surface area contributed by atoms with Crippen molar-refractivity contribution in [3.8, 4) is 66.9 Å². The van der Waals surface area contributed by atoms with Crippen LogP contribution in [0.4, 0.5) is 0 Å². The molecule has 0 spiro atoms. The van der Waals surface area contributed by atoms with Gasteiger partial charge in [0.25, 0.3) is 0 Å². The van der Waals surface area contributed by atoms with Gasteiger partial charge < -0.3 is 0 Å². The monoisotopic (exact) mass is 586 g/mol. The predicted octanol–water partition coefficient (Wildman–Crippen LogP) is 11.6. The molecule has 0 bridgehead atoms. The molecule has 0 aliphatic carbocycles. The van der Waals surface area contributed by atoms with Crippen molar-refractivity contribution in [3.05, 3.63) is 182 Å². The van der Waals surface area contributed by atoms with E-state index in [4.69, 9.17) is 4.98 Å². The Bertz CT molecular complexity index is 2260. The highest BCUT2D eigenvalue weighted by atomic mass is 14.7. The van der Waals surface area contributed by atoms with Crippen molar-refractivity contribution in [1.29, 1.82) is 0 Å². The standard InChI is InChI=1S/C44H30N2/c1-3-9-31(10-4-1)33-16-18-35(19-17-33)38-24-25-43-42(28-38)41(39-14-7-13-37(27-39)40-15-8-26-45-30-40)29-44(46-43)36-22-20-34(21-23-36)32-11-5-2-6-12-32/h1-30H. The summed E-state index contributed by atoms with van der Waals surface area (Å²) in [6.07, 6.45) is 3.73. The first-order valence-corrected chi connectivity index (χ1v) is 15.6. The molecular weight excluding hydrogens is 556 g/mol. The molecule has 6 aromatic carbocycles. The van der Waals surface area contributed by atoms with Gasteiger partial charge in [-0.15, -0.1) is 0 Å². The highest BCUT2D eigenvalue weighted by Gasteiger charge is 2.13. The van der Waals surface area contributed by atoms with E-state index in [1.54, 1.807) is 0 Å². The van der Waals surface area contributed by atoms with E-state index < -0.39 is 0 Å². The van der Waals surface area contributed by atoms with E-state index in [2.05, 4.69) is 163 Å². The van der Waals surface area contributed by atoms with Crippen LogP contribution in [0, 0.1) is 0 Å². The Labute approximate surface area is 269 Å². The van der Waals surface area contributed by atoms with Crippen LogP contribution in [-0.2, 0) is 0 Å². The fourth-order valence-electron chi connectivity index (χ4n) is 6.14. The van der Waals surface area contributed by atoms with Gasteiger partial charge >= 0.3 is 0 Å². The molecule has 2 heteroatoms. The average molecular weight is 587 g/mol. The second-order valence-corrected chi connectivity index (χ2v) is 11.5. The molecule has 8 rings (SSSR count). The molecule has 2 heterocycles. The summed E-state index contributed by atoms with van der Waals surface area (Å²) in [5, 5.41) is 1.12. The summed E-state index contributed by atoms with van der Waals surface area (Å²) >= 11 is 0. The van der Waals surface area contributed by atoms with Crippen molar-refractivity contribution >= 4 is 10.9 Å². The molecule has 0 radical (unpaired) electrons. The van der Waals surface area contributed by atoms with Crippen LogP contribution in [0.3, 0.4) is 0 Å². The number of pyridine rings is 2. The minimum absolute atomic E-state index is 0.953. The van der Waals surface area contributed by atoms with Crippen LogP contribution < -0.4 is 0 Å². The number of hydrogen-bond donors (Lipinski definition) is 0. The Balaban J connectivity index is 1.25. The third kappa shape index (κ3) is 5.49. The summed E-state index contributed by atoms with van der Waals surface area (Å²) < 4.78 is 0. The Morgan fingerprint density at radius 3 is 1.46 bits per heavy atom. The normalized spacial score (nSPS) is 11.0. The van der Waals surface area contributed by atoms with Gasteiger partial charge in [0.2, 0.25) is 0 Å². The smallest absolute Gasteiger partial charge is 0.0716 e. The van der Waals surface area contributed by atoms with Crippen molar-refractivity contribution in [2.75, 3.05) is 0 Å². The van der Waals surface area contributed by atoms with Gasteiger partial charge in [-0.25, -0.2) is 4.98 Å². The van der Waals surface area contributed by atoms with Gasteiger partial charge in [0.1, 0.15) is 0 Å². The van der Waals surface area contributed by atoms with Crippen LogP contribution in [0.15, 0.2) is 182 Å². The zero-order chi connectivity index (χ0) is 30.7. The lowest BCUT2D eigenvalue weighted by Crippen LogP contribution is -1.92. The van der Waals surface area contributed by atoms with Crippen molar-refractivity contribution in [2.45, 2.75) is 0 Å². The maximum atomic E-state index is 5.19. The highest BCUT2D eigenvalue weighted by molar-refractivity contribution is 5.99. The van der Waals surface area contributed by atoms with Gasteiger partial charge in [-0.3, -0.25) is 4.98 Å². The summed E-state index contributed by atoms with van der Waals surface area (Å²) in [7, 11) is 0. The second kappa shape index (κ2) is 12.1. The number of benzene rings is 6. The molecule has 2 nitrogen and oxygen atoms in total. The van der Waals surface area contributed by atoms with Gasteiger partial charge in [-0.05, 0) is 80.4 Å². The first-order chi connectivity index (χ1) is 22.8. The van der Waals surface area contributed by atoms with Gasteiger partial charge in [0.05, 0.1) is 11.2 Å². The molecule has 46 heavy (non-hydrogen) atoms. The van der Waals surface area contributed by atoms with E-state index in [0.29, 0.717) is 0 Å². The van der Waals surface area contributed by atoms with E-state index in [-0.39, 0.29) is 0 Å². The molecule has 0 fully saturated rings. The minimum Gasteiger partial charge on any atom is -0.264 e. The maximum absolute atomic E-state index is 5.19. The largest absolute Gasteiger partial charge is 0.264 e. The molecule has 2 aromatic heterocycles. The van der Waals surface area contributed by atoms with Crippen LogP contribution in [0.2, 0.25) is 0 Å². The Morgan fingerprint density at radius 2 is 0.826 bits per heavy atom. The number of aromatic nitrogens is 2. The lowest BCUT2D eigenvalue weighted by molar-refractivity contribution is 1.33. The van der Waals surface area contributed by atoms with Crippen molar-refractivity contribution < 1.29 is 0 Å². The Morgan fingerprint density at radius 1 is 0.326 bits per heavy atom. The molecule has 8 aromatic rings. The average Bonchev–Trinajstić information content (AvgIpc) is 3.15. The number of fused-ring (bicyclic) bond motifs is 1. The Hall–Kier alpha value is -6.12. The zero-order valence-electron chi connectivity index (χ0n) is 25.2. The lowest BCUT2D eigenvalue weighted by atomic mass is 9.93. The maximum Gasteiger partial charge on any atom is 0.0716 e. The van der Waals surface area contributed by atoms with Crippen LogP contribution in [0.1, 0.15) is 0 Å². The van der Waals surface area contributed by atoms with Gasteiger partial charge in [0.15, 0.2) is 0 Å². The summed E-state index contributed by atoms with van der Waals surface area (Å²) in [5.74, 6) is 0.